The van der Waals surface area contributed by atoms with Gasteiger partial charge >= 0.3 is 0 Å². The second-order valence-electron chi connectivity index (χ2n) is 4.93. The number of aromatic nitrogens is 5. The number of nitrogens with zero attached hydrogens (tertiary/aromatic N) is 5. The average molecular weight is 290 g/mol. The maximum absolute atomic E-state index is 4.22. The quantitative estimate of drug-likeness (QED) is 0.853. The Balaban J connectivity index is 1.67. The highest BCUT2D eigenvalue weighted by Crippen LogP contribution is 2.32. The van der Waals surface area contributed by atoms with Gasteiger partial charge in [-0.25, -0.2) is 9.67 Å². The molecule has 106 valence electrons. The van der Waals surface area contributed by atoms with E-state index in [1.54, 1.807) is 11.8 Å². The molecule has 2 aromatic rings. The number of nitrogens with one attached hydrogen (secondary N) is 1. The summed E-state index contributed by atoms with van der Waals surface area (Å²) in [4.78, 5) is 4.22. The Kier molecular flexibility index (Phi) is 4.15. The molecule has 7 heteroatoms. The van der Waals surface area contributed by atoms with Gasteiger partial charge in [0, 0.05) is 19.0 Å². The van der Waals surface area contributed by atoms with E-state index in [1.165, 1.54) is 31.2 Å². The third-order valence-electron chi connectivity index (χ3n) is 3.58. The van der Waals surface area contributed by atoms with E-state index >= 15 is 0 Å². The van der Waals surface area contributed by atoms with Crippen LogP contribution >= 0.6 is 11.8 Å². The summed E-state index contributed by atoms with van der Waals surface area (Å²) in [5, 5.41) is 16.1. The molecular formula is C13H18N6S. The van der Waals surface area contributed by atoms with E-state index in [4.69, 9.17) is 0 Å². The van der Waals surface area contributed by atoms with E-state index in [0.717, 1.165) is 16.7 Å². The van der Waals surface area contributed by atoms with Crippen LogP contribution in [0.4, 0.5) is 5.82 Å². The molecular weight excluding hydrogens is 272 g/mol. The first-order chi connectivity index (χ1) is 9.86. The second-order valence-corrected chi connectivity index (χ2v) is 5.87. The van der Waals surface area contributed by atoms with Crippen LogP contribution in [0.2, 0.25) is 0 Å². The number of anilines is 1. The van der Waals surface area contributed by atoms with E-state index < -0.39 is 0 Å². The van der Waals surface area contributed by atoms with Crippen LogP contribution in [-0.4, -0.2) is 32.2 Å². The van der Waals surface area contributed by atoms with Gasteiger partial charge in [0.25, 0.3) is 0 Å². The molecule has 0 saturated heterocycles. The van der Waals surface area contributed by atoms with Crippen molar-refractivity contribution in [3.8, 4) is 0 Å². The van der Waals surface area contributed by atoms with E-state index in [0.29, 0.717) is 6.04 Å². The number of pyridine rings is 1. The Morgan fingerprint density at radius 1 is 1.40 bits per heavy atom. The Hall–Kier alpha value is -1.63. The molecule has 0 aromatic carbocycles. The van der Waals surface area contributed by atoms with Crippen LogP contribution in [-0.2, 0) is 5.75 Å². The second kappa shape index (κ2) is 6.21. The van der Waals surface area contributed by atoms with E-state index in [2.05, 4.69) is 31.9 Å². The molecule has 0 unspecified atom stereocenters. The third kappa shape index (κ3) is 2.92. The van der Waals surface area contributed by atoms with Gasteiger partial charge in [-0.2, -0.15) is 0 Å². The normalized spacial score (nSPS) is 15.7. The largest absolute Gasteiger partial charge is 0.373 e. The van der Waals surface area contributed by atoms with Gasteiger partial charge in [-0.15, -0.1) is 5.10 Å². The minimum atomic E-state index is 0.484. The predicted octanol–water partition coefficient (Wildman–Crippen LogP) is 2.52. The van der Waals surface area contributed by atoms with Gasteiger partial charge in [-0.1, -0.05) is 24.6 Å². The fourth-order valence-electron chi connectivity index (χ4n) is 2.51. The van der Waals surface area contributed by atoms with Gasteiger partial charge in [0.15, 0.2) is 0 Å². The summed E-state index contributed by atoms with van der Waals surface area (Å²) in [6, 6.07) is 4.56. The van der Waals surface area contributed by atoms with Gasteiger partial charge in [-0.05, 0) is 41.0 Å². The smallest absolute Gasteiger partial charge is 0.209 e. The molecule has 1 aliphatic rings. The molecule has 2 aromatic heterocycles. The Morgan fingerprint density at radius 2 is 2.25 bits per heavy atom. The van der Waals surface area contributed by atoms with Crippen molar-refractivity contribution in [2.45, 2.75) is 42.6 Å². The molecule has 1 aliphatic carbocycles. The van der Waals surface area contributed by atoms with Gasteiger partial charge < -0.3 is 5.32 Å². The number of rotatable bonds is 5. The van der Waals surface area contributed by atoms with Crippen molar-refractivity contribution in [2.75, 3.05) is 12.4 Å². The zero-order valence-corrected chi connectivity index (χ0v) is 12.3. The first-order valence-corrected chi connectivity index (χ1v) is 7.89. The summed E-state index contributed by atoms with van der Waals surface area (Å²) < 4.78 is 2.00. The van der Waals surface area contributed by atoms with Crippen molar-refractivity contribution in [2.24, 2.45) is 0 Å². The first kappa shape index (κ1) is 13.4. The van der Waals surface area contributed by atoms with Crippen LogP contribution in [0.1, 0.15) is 37.3 Å². The number of hydrogen-bond acceptors (Lipinski definition) is 6. The van der Waals surface area contributed by atoms with E-state index in [-0.39, 0.29) is 0 Å². The molecule has 0 amide bonds. The van der Waals surface area contributed by atoms with Gasteiger partial charge in [0.2, 0.25) is 5.16 Å². The highest BCUT2D eigenvalue weighted by atomic mass is 32.2. The highest BCUT2D eigenvalue weighted by molar-refractivity contribution is 7.98. The van der Waals surface area contributed by atoms with E-state index in [9.17, 15) is 0 Å². The van der Waals surface area contributed by atoms with Gasteiger partial charge in [0.05, 0.1) is 6.04 Å². The van der Waals surface area contributed by atoms with Gasteiger partial charge in [-0.3, -0.25) is 0 Å². The lowest BCUT2D eigenvalue weighted by Crippen LogP contribution is -2.08. The number of tetrazole rings is 1. The number of thioether (sulfide) groups is 1. The molecule has 2 heterocycles. The lowest BCUT2D eigenvalue weighted by molar-refractivity contribution is 0.423. The van der Waals surface area contributed by atoms with Crippen molar-refractivity contribution in [3.63, 3.8) is 0 Å². The molecule has 1 N–H and O–H groups in total. The van der Waals surface area contributed by atoms with E-state index in [1.807, 2.05) is 24.0 Å². The number of hydrogen-bond donors (Lipinski definition) is 1. The maximum atomic E-state index is 4.22. The summed E-state index contributed by atoms with van der Waals surface area (Å²) in [5.41, 5.74) is 1.22. The van der Waals surface area contributed by atoms with Crippen molar-refractivity contribution in [1.82, 2.24) is 25.2 Å². The third-order valence-corrected chi connectivity index (χ3v) is 4.59. The minimum Gasteiger partial charge on any atom is -0.373 e. The molecule has 3 rings (SSSR count). The zero-order chi connectivity index (χ0) is 13.8. The van der Waals surface area contributed by atoms with Crippen LogP contribution in [0.3, 0.4) is 0 Å². The zero-order valence-electron chi connectivity index (χ0n) is 11.5. The SMILES string of the molecule is CNc1cc(CSc2nnnn2C2CCCC2)ccn1. The van der Waals surface area contributed by atoms with Crippen LogP contribution in [0.5, 0.6) is 0 Å². The predicted molar refractivity (Wildman–Crippen MR) is 78.7 cm³/mol. The summed E-state index contributed by atoms with van der Waals surface area (Å²) in [7, 11) is 1.87. The van der Waals surface area contributed by atoms with Crippen LogP contribution in [0, 0.1) is 0 Å². The summed E-state index contributed by atoms with van der Waals surface area (Å²) in [5.74, 6) is 1.74. The molecule has 1 saturated carbocycles. The monoisotopic (exact) mass is 290 g/mol. The standard InChI is InChI=1S/C13H18N6S/c1-14-12-8-10(6-7-15-12)9-20-13-16-17-18-19(13)11-4-2-3-5-11/h6-8,11H,2-5,9H2,1H3,(H,14,15). The molecule has 0 radical (unpaired) electrons. The molecule has 6 nitrogen and oxygen atoms in total. The van der Waals surface area contributed by atoms with Crippen molar-refractivity contribution in [1.29, 1.82) is 0 Å². The Morgan fingerprint density at radius 3 is 3.05 bits per heavy atom. The van der Waals surface area contributed by atoms with Crippen molar-refractivity contribution in [3.05, 3.63) is 23.9 Å². The fraction of sp³-hybridized carbons (Fsp3) is 0.538. The topological polar surface area (TPSA) is 68.5 Å². The van der Waals surface area contributed by atoms with Crippen molar-refractivity contribution >= 4 is 17.6 Å². The highest BCUT2D eigenvalue weighted by Gasteiger charge is 2.21. The van der Waals surface area contributed by atoms with Crippen LogP contribution < -0.4 is 5.32 Å². The summed E-state index contributed by atoms with van der Waals surface area (Å²) in [6.45, 7) is 0. The Labute approximate surface area is 122 Å². The summed E-state index contributed by atoms with van der Waals surface area (Å²) in [6.07, 6.45) is 6.77. The van der Waals surface area contributed by atoms with Gasteiger partial charge in [0.1, 0.15) is 5.82 Å². The molecule has 0 bridgehead atoms. The molecule has 0 atom stereocenters. The maximum Gasteiger partial charge on any atom is 0.209 e. The van der Waals surface area contributed by atoms with Crippen LogP contribution in [0.15, 0.2) is 23.5 Å². The molecule has 20 heavy (non-hydrogen) atoms. The molecule has 0 spiro atoms. The van der Waals surface area contributed by atoms with Crippen LogP contribution in [0.25, 0.3) is 0 Å². The lowest BCUT2D eigenvalue weighted by atomic mass is 10.3. The molecule has 1 fully saturated rings. The molecule has 0 aliphatic heterocycles. The average Bonchev–Trinajstić information content (AvgIpc) is 3.16. The van der Waals surface area contributed by atoms with Crippen molar-refractivity contribution < 1.29 is 0 Å². The first-order valence-electron chi connectivity index (χ1n) is 6.90. The minimum absolute atomic E-state index is 0.484. The lowest BCUT2D eigenvalue weighted by Gasteiger charge is -2.10. The fourth-order valence-corrected chi connectivity index (χ4v) is 3.39. The summed E-state index contributed by atoms with van der Waals surface area (Å²) >= 11 is 1.68. The Bertz CT molecular complexity index is 563.